The Balaban J connectivity index is 1.38. The standard InChI is InChI=1S/C28H43ClN4O4/c1-36-28(35)31-14-16-37-26(21-9-5-11-23(29)17-21)22-10-6-15-33(19-22)27(34)32-25-18-30-13-12-24(25)20-7-3-2-4-8-20/h5,9,11,17,20,22,24-26,30H,2-4,6-8,10,12-16,18-19H2,1H3,(H,31,35)(H,32,34). The number of rotatable bonds is 8. The fraction of sp³-hybridized carbons (Fsp3) is 0.714. The van der Waals surface area contributed by atoms with Gasteiger partial charge in [-0.3, -0.25) is 0 Å². The van der Waals surface area contributed by atoms with E-state index in [9.17, 15) is 9.59 Å². The first-order chi connectivity index (χ1) is 18.0. The van der Waals surface area contributed by atoms with Crippen molar-refractivity contribution < 1.29 is 19.1 Å². The molecule has 1 saturated carbocycles. The molecular formula is C28H43ClN4O4. The zero-order chi connectivity index (χ0) is 26.0. The molecule has 206 valence electrons. The van der Waals surface area contributed by atoms with Crippen molar-refractivity contribution in [2.75, 3.05) is 46.4 Å². The van der Waals surface area contributed by atoms with Gasteiger partial charge >= 0.3 is 12.1 Å². The fourth-order valence-corrected chi connectivity index (χ4v) is 6.65. The van der Waals surface area contributed by atoms with Crippen molar-refractivity contribution in [2.24, 2.45) is 17.8 Å². The summed E-state index contributed by atoms with van der Waals surface area (Å²) in [6, 6.07) is 7.95. The van der Waals surface area contributed by atoms with E-state index in [4.69, 9.17) is 16.3 Å². The number of likely N-dealkylation sites (tertiary alicyclic amines) is 1. The second kappa shape index (κ2) is 14.2. The van der Waals surface area contributed by atoms with Gasteiger partial charge in [0.25, 0.3) is 0 Å². The van der Waals surface area contributed by atoms with E-state index in [1.807, 2.05) is 29.2 Å². The molecule has 2 saturated heterocycles. The summed E-state index contributed by atoms with van der Waals surface area (Å²) in [5, 5.41) is 10.2. The summed E-state index contributed by atoms with van der Waals surface area (Å²) in [6.45, 7) is 3.96. The predicted octanol–water partition coefficient (Wildman–Crippen LogP) is 4.73. The molecule has 4 rings (SSSR count). The van der Waals surface area contributed by atoms with Gasteiger partial charge in [-0.1, -0.05) is 55.8 Å². The lowest BCUT2D eigenvalue weighted by atomic mass is 9.74. The lowest BCUT2D eigenvalue weighted by Crippen LogP contribution is -2.57. The van der Waals surface area contributed by atoms with Gasteiger partial charge in [-0.25, -0.2) is 9.59 Å². The van der Waals surface area contributed by atoms with Gasteiger partial charge in [0.2, 0.25) is 0 Å². The van der Waals surface area contributed by atoms with Crippen molar-refractivity contribution in [1.29, 1.82) is 0 Å². The Morgan fingerprint density at radius 3 is 2.78 bits per heavy atom. The molecule has 1 aliphatic carbocycles. The van der Waals surface area contributed by atoms with Crippen LogP contribution in [0.4, 0.5) is 9.59 Å². The van der Waals surface area contributed by atoms with E-state index in [0.29, 0.717) is 30.6 Å². The molecule has 3 amide bonds. The van der Waals surface area contributed by atoms with Crippen molar-refractivity contribution >= 4 is 23.7 Å². The van der Waals surface area contributed by atoms with Crippen molar-refractivity contribution in [1.82, 2.24) is 20.9 Å². The van der Waals surface area contributed by atoms with Crippen LogP contribution in [0.1, 0.15) is 63.0 Å². The number of methoxy groups -OCH3 is 1. The van der Waals surface area contributed by atoms with Gasteiger partial charge in [0.1, 0.15) is 0 Å². The van der Waals surface area contributed by atoms with Crippen molar-refractivity contribution in [2.45, 2.75) is 63.5 Å². The van der Waals surface area contributed by atoms with Gasteiger partial charge in [0, 0.05) is 43.2 Å². The molecular weight excluding hydrogens is 492 g/mol. The normalized spacial score (nSPS) is 25.8. The smallest absolute Gasteiger partial charge is 0.406 e. The first-order valence-electron chi connectivity index (χ1n) is 14.0. The number of carbonyl (C=O) groups is 2. The number of hydrogen-bond donors (Lipinski definition) is 3. The van der Waals surface area contributed by atoms with Crippen molar-refractivity contribution in [3.8, 4) is 0 Å². The topological polar surface area (TPSA) is 91.9 Å². The molecule has 1 aromatic rings. The predicted molar refractivity (Wildman–Crippen MR) is 145 cm³/mol. The van der Waals surface area contributed by atoms with Gasteiger partial charge in [0.15, 0.2) is 0 Å². The minimum absolute atomic E-state index is 0.0383. The van der Waals surface area contributed by atoms with Gasteiger partial charge in [-0.2, -0.15) is 0 Å². The Hall–Kier alpha value is -2.03. The number of nitrogens with zero attached hydrogens (tertiary/aromatic N) is 1. The molecule has 2 heterocycles. The van der Waals surface area contributed by atoms with E-state index in [0.717, 1.165) is 50.4 Å². The number of urea groups is 1. The number of alkyl carbamates (subject to hydrolysis) is 1. The minimum Gasteiger partial charge on any atom is -0.453 e. The second-order valence-corrected chi connectivity index (χ2v) is 11.2. The van der Waals surface area contributed by atoms with Crippen LogP contribution in [0.2, 0.25) is 5.02 Å². The largest absolute Gasteiger partial charge is 0.453 e. The van der Waals surface area contributed by atoms with Crippen LogP contribution in [0.25, 0.3) is 0 Å². The summed E-state index contributed by atoms with van der Waals surface area (Å²) >= 11 is 6.31. The minimum atomic E-state index is -0.479. The number of carbonyl (C=O) groups excluding carboxylic acids is 2. The first kappa shape index (κ1) is 28.0. The number of ether oxygens (including phenoxy) is 2. The molecule has 1 aromatic carbocycles. The summed E-state index contributed by atoms with van der Waals surface area (Å²) in [7, 11) is 1.34. The molecule has 2 aliphatic heterocycles. The third-order valence-corrected chi connectivity index (χ3v) is 8.54. The Morgan fingerprint density at radius 2 is 2.00 bits per heavy atom. The Bertz CT molecular complexity index is 881. The van der Waals surface area contributed by atoms with Crippen LogP contribution >= 0.6 is 11.6 Å². The van der Waals surface area contributed by atoms with Gasteiger partial charge in [0.05, 0.1) is 19.8 Å². The van der Waals surface area contributed by atoms with Crippen LogP contribution in [0, 0.1) is 17.8 Å². The van der Waals surface area contributed by atoms with E-state index in [-0.39, 0.29) is 24.1 Å². The highest BCUT2D eigenvalue weighted by atomic mass is 35.5. The van der Waals surface area contributed by atoms with Gasteiger partial charge < -0.3 is 30.3 Å². The molecule has 0 radical (unpaired) electrons. The van der Waals surface area contributed by atoms with Gasteiger partial charge in [-0.05, 0) is 55.3 Å². The molecule has 3 aliphatic rings. The Labute approximate surface area is 226 Å². The highest BCUT2D eigenvalue weighted by Gasteiger charge is 2.36. The lowest BCUT2D eigenvalue weighted by molar-refractivity contribution is -0.00887. The van der Waals surface area contributed by atoms with Crippen molar-refractivity contribution in [3.05, 3.63) is 34.9 Å². The van der Waals surface area contributed by atoms with E-state index in [1.54, 1.807) is 0 Å². The monoisotopic (exact) mass is 534 g/mol. The zero-order valence-corrected chi connectivity index (χ0v) is 22.8. The molecule has 37 heavy (non-hydrogen) atoms. The maximum absolute atomic E-state index is 13.5. The molecule has 9 heteroatoms. The maximum atomic E-state index is 13.5. The highest BCUT2D eigenvalue weighted by Crippen LogP contribution is 2.36. The second-order valence-electron chi connectivity index (χ2n) is 10.7. The summed E-state index contributed by atoms with van der Waals surface area (Å²) in [5.41, 5.74) is 0.992. The Morgan fingerprint density at radius 1 is 1.16 bits per heavy atom. The SMILES string of the molecule is COC(=O)NCCOC(c1cccc(Cl)c1)C1CCCN(C(=O)NC2CNCCC2C2CCCCC2)C1. The highest BCUT2D eigenvalue weighted by molar-refractivity contribution is 6.30. The number of piperidine rings is 2. The summed E-state index contributed by atoms with van der Waals surface area (Å²) in [5.74, 6) is 1.43. The molecule has 0 aromatic heterocycles. The number of amides is 3. The summed E-state index contributed by atoms with van der Waals surface area (Å²) < 4.78 is 10.9. The molecule has 8 nitrogen and oxygen atoms in total. The number of benzene rings is 1. The summed E-state index contributed by atoms with van der Waals surface area (Å²) in [6.07, 6.45) is 8.91. The molecule has 0 spiro atoms. The molecule has 3 N–H and O–H groups in total. The fourth-order valence-electron chi connectivity index (χ4n) is 6.45. The van der Waals surface area contributed by atoms with E-state index < -0.39 is 6.09 Å². The molecule has 0 bridgehead atoms. The maximum Gasteiger partial charge on any atom is 0.406 e. The van der Waals surface area contributed by atoms with Crippen LogP contribution in [-0.4, -0.2) is 69.5 Å². The zero-order valence-electron chi connectivity index (χ0n) is 22.1. The van der Waals surface area contributed by atoms with Crippen molar-refractivity contribution in [3.63, 3.8) is 0 Å². The number of halogens is 1. The van der Waals surface area contributed by atoms with Gasteiger partial charge in [-0.15, -0.1) is 0 Å². The average molecular weight is 535 g/mol. The van der Waals surface area contributed by atoms with Crippen LogP contribution < -0.4 is 16.0 Å². The van der Waals surface area contributed by atoms with E-state index in [2.05, 4.69) is 20.7 Å². The lowest BCUT2D eigenvalue weighted by Gasteiger charge is -2.42. The molecule has 4 atom stereocenters. The third-order valence-electron chi connectivity index (χ3n) is 8.30. The third kappa shape index (κ3) is 7.98. The van der Waals surface area contributed by atoms with E-state index >= 15 is 0 Å². The van der Waals surface area contributed by atoms with Crippen LogP contribution in [0.5, 0.6) is 0 Å². The Kier molecular flexibility index (Phi) is 10.8. The first-order valence-corrected chi connectivity index (χ1v) is 14.4. The molecule has 3 fully saturated rings. The van der Waals surface area contributed by atoms with Crippen LogP contribution in [-0.2, 0) is 9.47 Å². The number of hydrogen-bond acceptors (Lipinski definition) is 5. The molecule has 4 unspecified atom stereocenters. The average Bonchev–Trinajstić information content (AvgIpc) is 2.93. The number of nitrogens with one attached hydrogen (secondary N) is 3. The van der Waals surface area contributed by atoms with Crippen LogP contribution in [0.15, 0.2) is 24.3 Å². The summed E-state index contributed by atoms with van der Waals surface area (Å²) in [4.78, 5) is 26.9. The quantitative estimate of drug-likeness (QED) is 0.419. The van der Waals surface area contributed by atoms with Crippen LogP contribution in [0.3, 0.4) is 0 Å². The van der Waals surface area contributed by atoms with E-state index in [1.165, 1.54) is 39.2 Å².